The van der Waals surface area contributed by atoms with Gasteiger partial charge in [-0.25, -0.2) is 4.39 Å². The van der Waals surface area contributed by atoms with Crippen LogP contribution in [-0.2, 0) is 6.54 Å². The minimum atomic E-state index is -1.74. The number of halogens is 1. The van der Waals surface area contributed by atoms with E-state index >= 15 is 0 Å². The summed E-state index contributed by atoms with van der Waals surface area (Å²) in [5.74, 6) is 0.234. The van der Waals surface area contributed by atoms with Crippen molar-refractivity contribution < 1.29 is 14.4 Å². The van der Waals surface area contributed by atoms with Crippen molar-refractivity contribution in [3.05, 3.63) is 29.6 Å². The van der Waals surface area contributed by atoms with Gasteiger partial charge in [0.15, 0.2) is 0 Å². The predicted molar refractivity (Wildman–Crippen MR) is 69.9 cm³/mol. The summed E-state index contributed by atoms with van der Waals surface area (Å²) in [6, 6.07) is 4.60. The first-order valence-corrected chi connectivity index (χ1v) is 6.43. The largest absolute Gasteiger partial charge is 0.491 e. The third-order valence-corrected chi connectivity index (χ3v) is 3.63. The molecule has 2 rings (SSSR count). The van der Waals surface area contributed by atoms with Crippen LogP contribution in [0.15, 0.2) is 18.2 Å². The molecule has 98 valence electrons. The molecule has 5 heteroatoms. The second kappa shape index (κ2) is 5.82. The fraction of sp³-hybridized carbons (Fsp3) is 0.538. The van der Waals surface area contributed by atoms with Crippen LogP contribution in [0.4, 0.5) is 4.39 Å². The van der Waals surface area contributed by atoms with Gasteiger partial charge in [0.1, 0.15) is 5.82 Å². The summed E-state index contributed by atoms with van der Waals surface area (Å²) < 4.78 is 13.6. The molecule has 18 heavy (non-hydrogen) atoms. The van der Waals surface area contributed by atoms with Crippen LogP contribution in [0.5, 0.6) is 0 Å². The Kier molecular flexibility index (Phi) is 4.38. The molecule has 1 aliphatic rings. The number of hydrogen-bond acceptors (Lipinski definition) is 3. The Bertz CT molecular complexity index is 406. The van der Waals surface area contributed by atoms with E-state index in [2.05, 4.69) is 11.8 Å². The Morgan fingerprint density at radius 2 is 2.00 bits per heavy atom. The van der Waals surface area contributed by atoms with Gasteiger partial charge >= 0.3 is 7.12 Å². The lowest BCUT2D eigenvalue weighted by atomic mass is 9.79. The smallest absolute Gasteiger partial charge is 0.423 e. The molecule has 1 heterocycles. The van der Waals surface area contributed by atoms with Gasteiger partial charge < -0.3 is 10.0 Å². The monoisotopic (exact) mass is 251 g/mol. The zero-order chi connectivity index (χ0) is 13.1. The number of rotatable bonds is 3. The second-order valence-electron chi connectivity index (χ2n) is 5.19. The maximum atomic E-state index is 13.6. The Morgan fingerprint density at radius 1 is 1.33 bits per heavy atom. The topological polar surface area (TPSA) is 43.7 Å². The molecule has 0 amide bonds. The van der Waals surface area contributed by atoms with Crippen LogP contribution in [0.25, 0.3) is 0 Å². The highest BCUT2D eigenvalue weighted by molar-refractivity contribution is 6.58. The highest BCUT2D eigenvalue weighted by Gasteiger charge is 2.18. The van der Waals surface area contributed by atoms with E-state index in [4.69, 9.17) is 10.0 Å². The fourth-order valence-electron chi connectivity index (χ4n) is 2.36. The van der Waals surface area contributed by atoms with Crippen molar-refractivity contribution in [1.82, 2.24) is 4.90 Å². The summed E-state index contributed by atoms with van der Waals surface area (Å²) in [6.07, 6.45) is 2.38. The summed E-state index contributed by atoms with van der Waals surface area (Å²) in [7, 11) is -1.74. The lowest BCUT2D eigenvalue weighted by Gasteiger charge is -2.30. The zero-order valence-corrected chi connectivity index (χ0v) is 10.6. The van der Waals surface area contributed by atoms with Crippen LogP contribution in [0, 0.1) is 11.7 Å². The van der Waals surface area contributed by atoms with Crippen LogP contribution < -0.4 is 5.46 Å². The van der Waals surface area contributed by atoms with Crippen LogP contribution >= 0.6 is 0 Å². The third kappa shape index (κ3) is 3.31. The molecule has 0 aromatic heterocycles. The first-order valence-electron chi connectivity index (χ1n) is 6.43. The van der Waals surface area contributed by atoms with E-state index in [1.165, 1.54) is 25.0 Å². The first-order chi connectivity index (χ1) is 8.56. The summed E-state index contributed by atoms with van der Waals surface area (Å²) in [4.78, 5) is 2.31. The Labute approximate surface area is 107 Å². The minimum Gasteiger partial charge on any atom is -0.423 e. The fourth-order valence-corrected chi connectivity index (χ4v) is 2.36. The van der Waals surface area contributed by atoms with Crippen molar-refractivity contribution >= 4 is 12.6 Å². The van der Waals surface area contributed by atoms with Crippen LogP contribution in [-0.4, -0.2) is 35.2 Å². The van der Waals surface area contributed by atoms with Gasteiger partial charge in [-0.15, -0.1) is 0 Å². The minimum absolute atomic E-state index is 0.0639. The van der Waals surface area contributed by atoms with E-state index in [9.17, 15) is 4.39 Å². The number of piperidine rings is 1. The lowest BCUT2D eigenvalue weighted by Crippen LogP contribution is -2.34. The van der Waals surface area contributed by atoms with Crippen molar-refractivity contribution in [2.45, 2.75) is 26.3 Å². The molecule has 1 fully saturated rings. The first kappa shape index (κ1) is 13.5. The summed E-state index contributed by atoms with van der Waals surface area (Å²) in [5, 5.41) is 17.9. The lowest BCUT2D eigenvalue weighted by molar-refractivity contribution is 0.185. The van der Waals surface area contributed by atoms with E-state index in [1.54, 1.807) is 6.07 Å². The van der Waals surface area contributed by atoms with Crippen molar-refractivity contribution in [2.24, 2.45) is 5.92 Å². The molecule has 2 N–H and O–H groups in total. The number of nitrogens with zero attached hydrogens (tertiary/aromatic N) is 1. The summed E-state index contributed by atoms with van der Waals surface area (Å²) in [6.45, 7) is 5.08. The molecule has 0 unspecified atom stereocenters. The predicted octanol–water partition coefficient (Wildman–Crippen LogP) is 0.737. The summed E-state index contributed by atoms with van der Waals surface area (Å²) in [5.41, 5.74) is 0.817. The van der Waals surface area contributed by atoms with Crippen molar-refractivity contribution in [3.63, 3.8) is 0 Å². The van der Waals surface area contributed by atoms with Gasteiger partial charge in [-0.05, 0) is 43.5 Å². The van der Waals surface area contributed by atoms with Crippen LogP contribution in [0.3, 0.4) is 0 Å². The maximum Gasteiger partial charge on any atom is 0.491 e. The molecule has 0 radical (unpaired) electrons. The average Bonchev–Trinajstić information content (AvgIpc) is 2.32. The number of benzene rings is 1. The van der Waals surface area contributed by atoms with Crippen molar-refractivity contribution in [3.8, 4) is 0 Å². The number of hydrogen-bond donors (Lipinski definition) is 2. The van der Waals surface area contributed by atoms with Gasteiger partial charge in [0.25, 0.3) is 0 Å². The molecule has 1 aliphatic heterocycles. The number of likely N-dealkylation sites (tertiary alicyclic amines) is 1. The highest BCUT2D eigenvalue weighted by atomic mass is 19.1. The van der Waals surface area contributed by atoms with E-state index < -0.39 is 12.9 Å². The normalized spacial score (nSPS) is 18.0. The molecule has 0 saturated carbocycles. The van der Waals surface area contributed by atoms with Gasteiger partial charge in [-0.2, -0.15) is 0 Å². The molecule has 0 spiro atoms. The molecule has 1 aromatic carbocycles. The Balaban J connectivity index is 2.00. The standard InChI is InChI=1S/C13H19BFNO2/c1-10-4-6-16(7-5-10)9-11-2-3-12(14(17)18)13(15)8-11/h2-3,8,10,17-18H,4-7,9H2,1H3. The van der Waals surface area contributed by atoms with Gasteiger partial charge in [0.05, 0.1) is 0 Å². The van der Waals surface area contributed by atoms with Crippen LogP contribution in [0.2, 0.25) is 0 Å². The van der Waals surface area contributed by atoms with E-state index in [0.29, 0.717) is 0 Å². The highest BCUT2D eigenvalue weighted by Crippen LogP contribution is 2.18. The van der Waals surface area contributed by atoms with Gasteiger partial charge in [0.2, 0.25) is 0 Å². The zero-order valence-electron chi connectivity index (χ0n) is 10.6. The SMILES string of the molecule is CC1CCN(Cc2ccc(B(O)O)c(F)c2)CC1. The Morgan fingerprint density at radius 3 is 2.56 bits per heavy atom. The molecular weight excluding hydrogens is 232 g/mol. The maximum absolute atomic E-state index is 13.6. The Hall–Kier alpha value is -0.905. The van der Waals surface area contributed by atoms with E-state index in [1.807, 2.05) is 0 Å². The average molecular weight is 251 g/mol. The second-order valence-corrected chi connectivity index (χ2v) is 5.19. The molecule has 1 aromatic rings. The molecule has 0 aliphatic carbocycles. The molecule has 0 atom stereocenters. The van der Waals surface area contributed by atoms with E-state index in [-0.39, 0.29) is 5.46 Å². The molecular formula is C13H19BFNO2. The van der Waals surface area contributed by atoms with E-state index in [0.717, 1.165) is 31.1 Å². The molecule has 1 saturated heterocycles. The van der Waals surface area contributed by atoms with Crippen molar-refractivity contribution in [2.75, 3.05) is 13.1 Å². The summed E-state index contributed by atoms with van der Waals surface area (Å²) >= 11 is 0. The molecule has 0 bridgehead atoms. The third-order valence-electron chi connectivity index (χ3n) is 3.63. The van der Waals surface area contributed by atoms with Gasteiger partial charge in [0, 0.05) is 12.0 Å². The quantitative estimate of drug-likeness (QED) is 0.778. The van der Waals surface area contributed by atoms with Crippen LogP contribution in [0.1, 0.15) is 25.3 Å². The van der Waals surface area contributed by atoms with Gasteiger partial charge in [-0.1, -0.05) is 19.1 Å². The van der Waals surface area contributed by atoms with Gasteiger partial charge in [-0.3, -0.25) is 4.90 Å². The molecule has 3 nitrogen and oxygen atoms in total. The van der Waals surface area contributed by atoms with Crippen molar-refractivity contribution in [1.29, 1.82) is 0 Å².